The summed E-state index contributed by atoms with van der Waals surface area (Å²) in [5.41, 5.74) is 17.9. The Morgan fingerprint density at radius 1 is 0.203 bits per heavy atom. The average molecular weight is 752 g/mol. The van der Waals surface area contributed by atoms with E-state index in [1.807, 2.05) is 0 Å². The lowest BCUT2D eigenvalue weighted by Crippen LogP contribution is -2.09. The van der Waals surface area contributed by atoms with Gasteiger partial charge in [0.1, 0.15) is 0 Å². The van der Waals surface area contributed by atoms with Crippen LogP contribution in [0.25, 0.3) is 77.5 Å². The van der Waals surface area contributed by atoms with Crippen LogP contribution in [0.3, 0.4) is 0 Å². The second-order valence-corrected chi connectivity index (χ2v) is 14.9. The quantitative estimate of drug-likeness (QED) is 0.142. The molecule has 0 aliphatic carbocycles. The van der Waals surface area contributed by atoms with E-state index in [0.717, 1.165) is 17.1 Å². The van der Waals surface area contributed by atoms with Gasteiger partial charge < -0.3 is 4.90 Å². The lowest BCUT2D eigenvalue weighted by atomic mass is 9.91. The molecule has 0 fully saturated rings. The third kappa shape index (κ3) is 7.34. The minimum atomic E-state index is 1.11. The molecule has 10 rings (SSSR count). The Labute approximate surface area is 346 Å². The molecule has 0 amide bonds. The number of fused-ring (bicyclic) bond motifs is 1. The zero-order valence-corrected chi connectivity index (χ0v) is 32.6. The highest BCUT2D eigenvalue weighted by atomic mass is 15.1. The molecule has 0 N–H and O–H groups in total. The smallest absolute Gasteiger partial charge is 0.0462 e. The van der Waals surface area contributed by atoms with Gasteiger partial charge in [-0.25, -0.2) is 0 Å². The molecule has 10 aromatic rings. The number of hydrogen-bond donors (Lipinski definition) is 0. The van der Waals surface area contributed by atoms with Gasteiger partial charge in [-0.05, 0) is 120 Å². The van der Waals surface area contributed by atoms with Crippen molar-refractivity contribution in [3.8, 4) is 66.8 Å². The van der Waals surface area contributed by atoms with E-state index in [4.69, 9.17) is 0 Å². The zero-order chi connectivity index (χ0) is 39.4. The number of para-hydroxylation sites is 1. The van der Waals surface area contributed by atoms with Gasteiger partial charge in [0.25, 0.3) is 0 Å². The molecule has 1 nitrogen and oxygen atoms in total. The van der Waals surface area contributed by atoms with Crippen LogP contribution in [-0.2, 0) is 0 Å². The summed E-state index contributed by atoms with van der Waals surface area (Å²) in [6.45, 7) is 0. The average Bonchev–Trinajstić information content (AvgIpc) is 3.33. The largest absolute Gasteiger partial charge is 0.311 e. The summed E-state index contributed by atoms with van der Waals surface area (Å²) in [5, 5.41) is 2.54. The first-order chi connectivity index (χ1) is 29.2. The normalized spacial score (nSPS) is 11.1. The summed E-state index contributed by atoms with van der Waals surface area (Å²) in [6, 6.07) is 89.6. The van der Waals surface area contributed by atoms with E-state index in [2.05, 4.69) is 254 Å². The van der Waals surface area contributed by atoms with Gasteiger partial charge in [0.05, 0.1) is 0 Å². The molecule has 0 saturated heterocycles. The molecule has 0 aromatic heterocycles. The van der Waals surface area contributed by atoms with Crippen molar-refractivity contribution in [3.05, 3.63) is 249 Å². The maximum Gasteiger partial charge on any atom is 0.0462 e. The van der Waals surface area contributed by atoms with Crippen LogP contribution in [0.1, 0.15) is 0 Å². The number of nitrogens with zero attached hydrogens (tertiary/aromatic N) is 1. The van der Waals surface area contributed by atoms with Gasteiger partial charge >= 0.3 is 0 Å². The zero-order valence-electron chi connectivity index (χ0n) is 32.6. The Morgan fingerprint density at radius 3 is 1.14 bits per heavy atom. The standard InChI is InChI=1S/C58H41N/c1-4-13-47(14-5-1)57-40-35-51(41-58(57)49-15-6-2-7-16-49)46-25-23-42(24-26-46)44-31-36-53(37-32-44)59(52-19-8-3-9-20-52)54-38-33-45(34-39-54)43-27-29-50(30-28-43)56-22-12-18-48-17-10-11-21-55(48)56/h1-41H. The van der Waals surface area contributed by atoms with Crippen LogP contribution < -0.4 is 4.90 Å². The summed E-state index contributed by atoms with van der Waals surface area (Å²) in [7, 11) is 0. The number of anilines is 3. The van der Waals surface area contributed by atoms with E-state index in [0.29, 0.717) is 0 Å². The lowest BCUT2D eigenvalue weighted by Gasteiger charge is -2.26. The molecular formula is C58H41N. The van der Waals surface area contributed by atoms with Gasteiger partial charge in [0.15, 0.2) is 0 Å². The fraction of sp³-hybridized carbons (Fsp3) is 0. The molecule has 0 aliphatic heterocycles. The van der Waals surface area contributed by atoms with Gasteiger partial charge in [0, 0.05) is 17.1 Å². The number of rotatable bonds is 9. The highest BCUT2D eigenvalue weighted by Crippen LogP contribution is 2.39. The Morgan fingerprint density at radius 2 is 0.576 bits per heavy atom. The number of hydrogen-bond acceptors (Lipinski definition) is 1. The first kappa shape index (κ1) is 35.7. The van der Waals surface area contributed by atoms with Gasteiger partial charge in [-0.1, -0.05) is 206 Å². The maximum atomic E-state index is 2.33. The van der Waals surface area contributed by atoms with Crippen LogP contribution in [0.4, 0.5) is 17.1 Å². The molecule has 0 saturated carbocycles. The predicted molar refractivity (Wildman–Crippen MR) is 251 cm³/mol. The molecule has 59 heavy (non-hydrogen) atoms. The van der Waals surface area contributed by atoms with Gasteiger partial charge in [-0.15, -0.1) is 0 Å². The molecule has 10 aromatic carbocycles. The Kier molecular flexibility index (Phi) is 9.68. The van der Waals surface area contributed by atoms with Crippen LogP contribution in [0, 0.1) is 0 Å². The molecule has 0 spiro atoms. The van der Waals surface area contributed by atoms with Crippen LogP contribution in [0.5, 0.6) is 0 Å². The summed E-state index contributed by atoms with van der Waals surface area (Å²) >= 11 is 0. The molecular weight excluding hydrogens is 711 g/mol. The SMILES string of the molecule is c1ccc(-c2ccc(-c3ccc(-c4ccc(N(c5ccccc5)c5ccc(-c6ccc(-c7cccc8ccccc78)cc6)cc5)cc4)cc3)cc2-c2ccccc2)cc1. The summed E-state index contributed by atoms with van der Waals surface area (Å²) in [5.74, 6) is 0. The molecule has 0 radical (unpaired) electrons. The van der Waals surface area contributed by atoms with Crippen molar-refractivity contribution in [2.75, 3.05) is 4.90 Å². The minimum absolute atomic E-state index is 1.11. The highest BCUT2D eigenvalue weighted by molar-refractivity contribution is 5.97. The molecule has 0 atom stereocenters. The van der Waals surface area contributed by atoms with Crippen molar-refractivity contribution >= 4 is 27.8 Å². The molecule has 0 bridgehead atoms. The highest BCUT2D eigenvalue weighted by Gasteiger charge is 2.14. The first-order valence-corrected chi connectivity index (χ1v) is 20.2. The van der Waals surface area contributed by atoms with Gasteiger partial charge in [0.2, 0.25) is 0 Å². The number of benzene rings is 10. The molecule has 0 aliphatic rings. The van der Waals surface area contributed by atoms with E-state index in [1.54, 1.807) is 0 Å². The molecule has 0 heterocycles. The van der Waals surface area contributed by atoms with Crippen molar-refractivity contribution in [1.29, 1.82) is 0 Å². The van der Waals surface area contributed by atoms with E-state index >= 15 is 0 Å². The van der Waals surface area contributed by atoms with Crippen molar-refractivity contribution in [2.24, 2.45) is 0 Å². The summed E-state index contributed by atoms with van der Waals surface area (Å²) in [6.07, 6.45) is 0. The van der Waals surface area contributed by atoms with Gasteiger partial charge in [-0.2, -0.15) is 0 Å². The van der Waals surface area contributed by atoms with Crippen LogP contribution >= 0.6 is 0 Å². The monoisotopic (exact) mass is 751 g/mol. The molecule has 278 valence electrons. The maximum absolute atomic E-state index is 2.33. The molecule has 1 heteroatoms. The lowest BCUT2D eigenvalue weighted by molar-refractivity contribution is 1.28. The Hall–Kier alpha value is -7.74. The second-order valence-electron chi connectivity index (χ2n) is 14.9. The van der Waals surface area contributed by atoms with Crippen LogP contribution in [0.15, 0.2) is 249 Å². The van der Waals surface area contributed by atoms with Crippen molar-refractivity contribution in [3.63, 3.8) is 0 Å². The minimum Gasteiger partial charge on any atom is -0.311 e. The second kappa shape index (κ2) is 16.0. The Bertz CT molecular complexity index is 2970. The van der Waals surface area contributed by atoms with Crippen LogP contribution in [0.2, 0.25) is 0 Å². The Balaban J connectivity index is 0.904. The third-order valence-corrected chi connectivity index (χ3v) is 11.3. The van der Waals surface area contributed by atoms with Crippen molar-refractivity contribution < 1.29 is 0 Å². The van der Waals surface area contributed by atoms with Crippen molar-refractivity contribution in [2.45, 2.75) is 0 Å². The summed E-state index contributed by atoms with van der Waals surface area (Å²) in [4.78, 5) is 2.32. The fourth-order valence-electron chi connectivity index (χ4n) is 8.25. The fourth-order valence-corrected chi connectivity index (χ4v) is 8.25. The van der Waals surface area contributed by atoms with Crippen LogP contribution in [-0.4, -0.2) is 0 Å². The molecule has 0 unspecified atom stereocenters. The van der Waals surface area contributed by atoms with E-state index in [1.165, 1.54) is 77.5 Å². The third-order valence-electron chi connectivity index (χ3n) is 11.3. The van der Waals surface area contributed by atoms with Gasteiger partial charge in [-0.3, -0.25) is 0 Å². The predicted octanol–water partition coefficient (Wildman–Crippen LogP) is 16.3. The van der Waals surface area contributed by atoms with E-state index in [-0.39, 0.29) is 0 Å². The van der Waals surface area contributed by atoms with Crippen molar-refractivity contribution in [1.82, 2.24) is 0 Å². The topological polar surface area (TPSA) is 3.24 Å². The summed E-state index contributed by atoms with van der Waals surface area (Å²) < 4.78 is 0. The first-order valence-electron chi connectivity index (χ1n) is 20.2. The van der Waals surface area contributed by atoms with E-state index < -0.39 is 0 Å². The van der Waals surface area contributed by atoms with E-state index in [9.17, 15) is 0 Å².